The van der Waals surface area contributed by atoms with E-state index in [2.05, 4.69) is 35.6 Å². The second-order valence-corrected chi connectivity index (χ2v) is 9.63. The zero-order valence-corrected chi connectivity index (χ0v) is 22.2. The first-order valence-corrected chi connectivity index (χ1v) is 13.2. The monoisotopic (exact) mass is 501 g/mol. The number of amides is 1. The fraction of sp³-hybridized carbons (Fsp3) is 0.161. The van der Waals surface area contributed by atoms with Gasteiger partial charge in [0.1, 0.15) is 0 Å². The number of hydrogen-bond donors (Lipinski definition) is 1. The molecule has 6 heteroatoms. The number of thioether (sulfide) groups is 1. The average molecular weight is 502 g/mol. The molecule has 0 aliphatic carbocycles. The second-order valence-electron chi connectivity index (χ2n) is 8.65. The van der Waals surface area contributed by atoms with Crippen LogP contribution in [0.3, 0.4) is 0 Å². The Balaban J connectivity index is 0.00000380. The van der Waals surface area contributed by atoms with Crippen LogP contribution in [0.25, 0.3) is 33.4 Å². The average Bonchev–Trinajstić information content (AvgIpc) is 2.91. The van der Waals surface area contributed by atoms with E-state index in [0.29, 0.717) is 17.7 Å². The number of aliphatic carboxylic acids is 1. The van der Waals surface area contributed by atoms with Crippen LogP contribution in [0.4, 0.5) is 0 Å². The Kier molecular flexibility index (Phi) is 10.2. The van der Waals surface area contributed by atoms with Crippen LogP contribution in [0.2, 0.25) is 0 Å². The van der Waals surface area contributed by atoms with Gasteiger partial charge in [0.25, 0.3) is 5.91 Å². The Morgan fingerprint density at radius 3 is 2.08 bits per heavy atom. The Hall–Kier alpha value is -3.23. The number of carboxylic acids is 1. The second kappa shape index (κ2) is 13.4. The third-order valence-corrected chi connectivity index (χ3v) is 6.85. The van der Waals surface area contributed by atoms with Gasteiger partial charge >= 0.3 is 18.9 Å². The van der Waals surface area contributed by atoms with Crippen LogP contribution in [0, 0.1) is 6.92 Å². The van der Waals surface area contributed by atoms with Gasteiger partial charge in [-0.2, -0.15) is 11.8 Å². The summed E-state index contributed by atoms with van der Waals surface area (Å²) < 4.78 is 0. The normalized spacial score (nSPS) is 11.3. The van der Waals surface area contributed by atoms with E-state index in [4.69, 9.17) is 0 Å². The maximum atomic E-state index is 13.3. The molecule has 1 N–H and O–H groups in total. The molecule has 0 aliphatic rings. The van der Waals surface area contributed by atoms with E-state index < -0.39 is 17.9 Å². The molecule has 37 heavy (non-hydrogen) atoms. The molecule has 4 aromatic rings. The molecule has 0 fully saturated rings. The number of hydrogen-bond acceptors (Lipinski definition) is 4. The summed E-state index contributed by atoms with van der Waals surface area (Å²) in [5.41, 5.74) is 7.40. The first kappa shape index (κ1) is 28.3. The number of carbonyl (C=O) groups excluding carboxylic acids is 2. The quantitative estimate of drug-likeness (QED) is 0.358. The number of benzene rings is 4. The molecule has 182 valence electrons. The predicted molar refractivity (Wildman–Crippen MR) is 147 cm³/mol. The first-order chi connectivity index (χ1) is 17.5. The summed E-state index contributed by atoms with van der Waals surface area (Å²) in [6.07, 6.45) is 2.20. The minimum atomic E-state index is -1.27. The summed E-state index contributed by atoms with van der Waals surface area (Å²) in [5, 5.41) is 14.3. The zero-order valence-electron chi connectivity index (χ0n) is 21.4. The zero-order chi connectivity index (χ0) is 25.5. The minimum Gasteiger partial charge on any atom is -0.548 e. The van der Waals surface area contributed by atoms with E-state index >= 15 is 0 Å². The maximum Gasteiger partial charge on any atom is 1.00 e. The predicted octanol–water partition coefficient (Wildman–Crippen LogP) is 2.60. The van der Waals surface area contributed by atoms with Crippen molar-refractivity contribution in [2.75, 3.05) is 12.0 Å². The van der Waals surface area contributed by atoms with Gasteiger partial charge in [-0.05, 0) is 82.5 Å². The van der Waals surface area contributed by atoms with Gasteiger partial charge in [0.2, 0.25) is 0 Å². The van der Waals surface area contributed by atoms with Crippen molar-refractivity contribution in [1.29, 1.82) is 0 Å². The van der Waals surface area contributed by atoms with Crippen LogP contribution >= 0.6 is 11.8 Å². The molecule has 0 unspecified atom stereocenters. The molecule has 0 aromatic heterocycles. The van der Waals surface area contributed by atoms with Gasteiger partial charge < -0.3 is 15.2 Å². The van der Waals surface area contributed by atoms with Gasteiger partial charge in [-0.15, -0.1) is 0 Å². The van der Waals surface area contributed by atoms with Crippen LogP contribution in [0.15, 0.2) is 97.1 Å². The summed E-state index contributed by atoms with van der Waals surface area (Å²) in [4.78, 5) is 24.9. The van der Waals surface area contributed by atoms with E-state index in [1.807, 2.05) is 73.8 Å². The van der Waals surface area contributed by atoms with Crippen LogP contribution in [-0.2, 0) is 4.79 Å². The molecule has 0 saturated carbocycles. The molecule has 0 heterocycles. The van der Waals surface area contributed by atoms with Crippen molar-refractivity contribution in [3.05, 3.63) is 108 Å². The Morgan fingerprint density at radius 1 is 0.784 bits per heavy atom. The molecule has 1 amide bonds. The van der Waals surface area contributed by atoms with Gasteiger partial charge in [-0.1, -0.05) is 78.9 Å². The largest absolute Gasteiger partial charge is 1.00 e. The van der Waals surface area contributed by atoms with Crippen molar-refractivity contribution in [3.8, 4) is 33.4 Å². The number of nitrogens with one attached hydrogen (secondary N) is 1. The molecule has 0 spiro atoms. The van der Waals surface area contributed by atoms with Crippen LogP contribution < -0.4 is 29.3 Å². The van der Waals surface area contributed by atoms with Crippen LogP contribution in [-0.4, -0.2) is 29.9 Å². The van der Waals surface area contributed by atoms with Gasteiger partial charge in [0.05, 0.1) is 12.0 Å². The number of carboxylic acid groups (broad SMARTS) is 1. The van der Waals surface area contributed by atoms with Crippen molar-refractivity contribution in [1.82, 2.24) is 5.32 Å². The first-order valence-electron chi connectivity index (χ1n) is 11.8. The summed E-state index contributed by atoms with van der Waals surface area (Å²) in [5.74, 6) is -1.09. The molecular formula is C31H28LiNO3S. The summed E-state index contributed by atoms with van der Waals surface area (Å²) in [7, 11) is 0. The van der Waals surface area contributed by atoms with Gasteiger partial charge in [-0.3, -0.25) is 4.79 Å². The molecule has 1 atom stereocenters. The topological polar surface area (TPSA) is 69.2 Å². The molecule has 0 bridgehead atoms. The molecule has 4 rings (SSSR count). The number of carbonyl (C=O) groups is 2. The van der Waals surface area contributed by atoms with E-state index in [-0.39, 0.29) is 18.9 Å². The smallest absolute Gasteiger partial charge is 0.548 e. The van der Waals surface area contributed by atoms with Crippen molar-refractivity contribution >= 4 is 23.6 Å². The van der Waals surface area contributed by atoms with E-state index in [1.54, 1.807) is 6.07 Å². The molecule has 4 nitrogen and oxygen atoms in total. The molecule has 4 aromatic carbocycles. The summed E-state index contributed by atoms with van der Waals surface area (Å²) >= 11 is 1.53. The maximum absolute atomic E-state index is 13.3. The third kappa shape index (κ3) is 6.96. The molecular weight excluding hydrogens is 473 g/mol. The van der Waals surface area contributed by atoms with E-state index in [9.17, 15) is 14.7 Å². The molecule has 0 aliphatic heterocycles. The number of aryl methyl sites for hydroxylation is 1. The SMILES string of the molecule is CSCC[C@H](NC(=O)c1ccc(-c2cccc(-c3ccccc3)c2)cc1-c1ccccc1C)C(=O)[O-].[Li+]. The van der Waals surface area contributed by atoms with Gasteiger partial charge in [-0.25, -0.2) is 0 Å². The Bertz CT molecular complexity index is 1370. The van der Waals surface area contributed by atoms with Crippen molar-refractivity contribution in [2.45, 2.75) is 19.4 Å². The van der Waals surface area contributed by atoms with Gasteiger partial charge in [0, 0.05) is 5.56 Å². The summed E-state index contributed by atoms with van der Waals surface area (Å²) in [6, 6.07) is 31.0. The Labute approximate surface area is 234 Å². The minimum absolute atomic E-state index is 0. The van der Waals surface area contributed by atoms with Crippen molar-refractivity contribution in [2.24, 2.45) is 0 Å². The van der Waals surface area contributed by atoms with Crippen molar-refractivity contribution < 1.29 is 33.6 Å². The van der Waals surface area contributed by atoms with Crippen molar-refractivity contribution in [3.63, 3.8) is 0 Å². The number of rotatable bonds is 9. The van der Waals surface area contributed by atoms with E-state index in [1.165, 1.54) is 11.8 Å². The standard InChI is InChI=1S/C31H29NO3S.Li/c1-21-9-6-7-14-26(21)28-20-25(24-13-8-12-23(19-24)22-10-4-3-5-11-22)15-16-27(28)30(33)32-29(31(34)35)17-18-36-2;/h3-16,19-20,29H,17-18H2,1-2H3,(H,32,33)(H,34,35);/q;+1/p-1/t29-;/m0./s1. The summed E-state index contributed by atoms with van der Waals surface area (Å²) in [6.45, 7) is 2.00. The molecule has 0 saturated heterocycles. The third-order valence-electron chi connectivity index (χ3n) is 6.20. The fourth-order valence-corrected chi connectivity index (χ4v) is 4.72. The van der Waals surface area contributed by atoms with E-state index in [0.717, 1.165) is 38.9 Å². The van der Waals surface area contributed by atoms with Crippen LogP contribution in [0.1, 0.15) is 22.3 Å². The fourth-order valence-electron chi connectivity index (χ4n) is 4.25. The van der Waals surface area contributed by atoms with Crippen LogP contribution in [0.5, 0.6) is 0 Å². The Morgan fingerprint density at radius 2 is 1.41 bits per heavy atom. The molecule has 0 radical (unpaired) electrons. The van der Waals surface area contributed by atoms with Gasteiger partial charge in [0.15, 0.2) is 0 Å².